The third kappa shape index (κ3) is 2.26. The quantitative estimate of drug-likeness (QED) is 0.625. The molecule has 0 fully saturated rings. The number of rotatable bonds is 3. The predicted molar refractivity (Wildman–Crippen MR) is 89.9 cm³/mol. The molecule has 0 saturated carbocycles. The van der Waals surface area contributed by atoms with Crippen molar-refractivity contribution in [2.24, 2.45) is 0 Å². The van der Waals surface area contributed by atoms with Gasteiger partial charge in [0, 0.05) is 17.0 Å². The number of fused-ring (bicyclic) bond motifs is 3. The predicted octanol–water partition coefficient (Wildman–Crippen LogP) is 3.80. The summed E-state index contributed by atoms with van der Waals surface area (Å²) < 4.78 is 10.7. The summed E-state index contributed by atoms with van der Waals surface area (Å²) in [6.45, 7) is 0. The fourth-order valence-corrected chi connectivity index (χ4v) is 2.69. The lowest BCUT2D eigenvalue weighted by molar-refractivity contribution is 0.394. The van der Waals surface area contributed by atoms with Crippen molar-refractivity contribution in [2.75, 3.05) is 14.2 Å². The third-order valence-electron chi connectivity index (χ3n) is 3.85. The number of pyridine rings is 1. The molecule has 2 aromatic carbocycles. The summed E-state index contributed by atoms with van der Waals surface area (Å²) >= 11 is 0. The van der Waals surface area contributed by atoms with Crippen molar-refractivity contribution in [1.29, 1.82) is 0 Å². The van der Waals surface area contributed by atoms with Crippen molar-refractivity contribution in [2.45, 2.75) is 0 Å². The van der Waals surface area contributed by atoms with Crippen molar-refractivity contribution in [3.05, 3.63) is 48.7 Å². The number of ether oxygens (including phenoxy) is 2. The first-order valence-corrected chi connectivity index (χ1v) is 7.25. The lowest BCUT2D eigenvalue weighted by Gasteiger charge is -2.06. The summed E-state index contributed by atoms with van der Waals surface area (Å²) in [5.41, 5.74) is 3.65. The summed E-state index contributed by atoms with van der Waals surface area (Å²) in [6, 6.07) is 13.7. The Bertz CT molecular complexity index is 985. The highest BCUT2D eigenvalue weighted by Gasteiger charge is 2.11. The number of imidazole rings is 1. The number of nitrogens with one attached hydrogen (secondary N) is 1. The van der Waals surface area contributed by atoms with Gasteiger partial charge in [-0.05, 0) is 18.2 Å². The normalized spacial score (nSPS) is 11.0. The van der Waals surface area contributed by atoms with E-state index >= 15 is 0 Å². The zero-order valence-corrected chi connectivity index (χ0v) is 12.8. The van der Waals surface area contributed by atoms with Crippen LogP contribution in [0.2, 0.25) is 0 Å². The molecule has 0 saturated heterocycles. The largest absolute Gasteiger partial charge is 0.497 e. The minimum atomic E-state index is 0.725. The Morgan fingerprint density at radius 2 is 1.70 bits per heavy atom. The third-order valence-corrected chi connectivity index (χ3v) is 3.85. The number of hydrogen-bond donors (Lipinski definition) is 1. The molecule has 0 unspecified atom stereocenters. The number of H-pyrrole nitrogens is 1. The number of benzene rings is 2. The van der Waals surface area contributed by atoms with E-state index in [0.29, 0.717) is 0 Å². The van der Waals surface area contributed by atoms with Crippen LogP contribution in [-0.4, -0.2) is 29.2 Å². The van der Waals surface area contributed by atoms with E-state index in [0.717, 1.165) is 44.8 Å². The van der Waals surface area contributed by atoms with Gasteiger partial charge in [0.15, 0.2) is 0 Å². The van der Waals surface area contributed by atoms with Gasteiger partial charge in [-0.1, -0.05) is 18.2 Å². The topological polar surface area (TPSA) is 60.0 Å². The van der Waals surface area contributed by atoms with Crippen LogP contribution in [0.5, 0.6) is 11.5 Å². The Hall–Kier alpha value is -3.08. The summed E-state index contributed by atoms with van der Waals surface area (Å²) in [5, 5.41) is 1.03. The number of hydrogen-bond acceptors (Lipinski definition) is 4. The number of aromatic nitrogens is 3. The smallest absolute Gasteiger partial charge is 0.138 e. The molecule has 0 atom stereocenters. The Morgan fingerprint density at radius 1 is 0.957 bits per heavy atom. The maximum atomic E-state index is 5.33. The molecule has 0 amide bonds. The molecule has 0 aliphatic heterocycles. The molecule has 1 N–H and O–H groups in total. The average Bonchev–Trinajstić information content (AvgIpc) is 3.06. The van der Waals surface area contributed by atoms with E-state index in [1.54, 1.807) is 14.2 Å². The van der Waals surface area contributed by atoms with Gasteiger partial charge >= 0.3 is 0 Å². The van der Waals surface area contributed by atoms with Crippen LogP contribution in [0.15, 0.2) is 48.7 Å². The maximum Gasteiger partial charge on any atom is 0.138 e. The van der Waals surface area contributed by atoms with E-state index in [-0.39, 0.29) is 0 Å². The van der Waals surface area contributed by atoms with Crippen LogP contribution in [-0.2, 0) is 0 Å². The standard InChI is InChI=1S/C18H15N3O2/c1-22-12-7-11(8-13(9-12)23-2)18-20-16-10-19-15-6-4-3-5-14(15)17(16)21-18/h3-10H,1-2H3,(H,20,21). The molecule has 23 heavy (non-hydrogen) atoms. The molecular formula is C18H15N3O2. The second-order valence-corrected chi connectivity index (χ2v) is 5.22. The lowest BCUT2D eigenvalue weighted by atomic mass is 10.2. The second kappa shape index (κ2) is 5.28. The highest BCUT2D eigenvalue weighted by molar-refractivity contribution is 6.02. The molecule has 114 valence electrons. The summed E-state index contributed by atoms with van der Waals surface area (Å²) in [7, 11) is 3.27. The van der Waals surface area contributed by atoms with Gasteiger partial charge in [0.25, 0.3) is 0 Å². The molecule has 2 aromatic heterocycles. The van der Waals surface area contributed by atoms with E-state index in [1.807, 2.05) is 48.7 Å². The Labute approximate surface area is 132 Å². The second-order valence-electron chi connectivity index (χ2n) is 5.22. The Morgan fingerprint density at radius 3 is 2.43 bits per heavy atom. The van der Waals surface area contributed by atoms with E-state index in [2.05, 4.69) is 9.97 Å². The van der Waals surface area contributed by atoms with Gasteiger partial charge in [0.2, 0.25) is 0 Å². The Balaban J connectivity index is 1.94. The van der Waals surface area contributed by atoms with Crippen LogP contribution >= 0.6 is 0 Å². The van der Waals surface area contributed by atoms with Crippen LogP contribution < -0.4 is 9.47 Å². The molecule has 5 nitrogen and oxygen atoms in total. The first kappa shape index (κ1) is 13.6. The monoisotopic (exact) mass is 305 g/mol. The van der Waals surface area contributed by atoms with Crippen molar-refractivity contribution in [3.8, 4) is 22.9 Å². The van der Waals surface area contributed by atoms with Crippen molar-refractivity contribution < 1.29 is 9.47 Å². The number of methoxy groups -OCH3 is 2. The van der Waals surface area contributed by atoms with Crippen LogP contribution in [0.3, 0.4) is 0 Å². The van der Waals surface area contributed by atoms with Crippen LogP contribution in [0.4, 0.5) is 0 Å². The van der Waals surface area contributed by atoms with Gasteiger partial charge in [0.05, 0.1) is 37.0 Å². The highest BCUT2D eigenvalue weighted by Crippen LogP contribution is 2.30. The van der Waals surface area contributed by atoms with Crippen LogP contribution in [0, 0.1) is 0 Å². The van der Waals surface area contributed by atoms with Gasteiger partial charge in [-0.15, -0.1) is 0 Å². The summed E-state index contributed by atoms with van der Waals surface area (Å²) in [6.07, 6.45) is 1.81. The molecule has 2 heterocycles. The minimum Gasteiger partial charge on any atom is -0.497 e. The van der Waals surface area contributed by atoms with Gasteiger partial charge in [-0.3, -0.25) is 4.98 Å². The fourth-order valence-electron chi connectivity index (χ4n) is 2.69. The maximum absolute atomic E-state index is 5.33. The first-order chi connectivity index (χ1) is 11.3. The molecule has 0 radical (unpaired) electrons. The number of nitrogens with zero attached hydrogens (tertiary/aromatic N) is 2. The molecule has 4 aromatic rings. The molecule has 0 aliphatic carbocycles. The molecule has 0 bridgehead atoms. The highest BCUT2D eigenvalue weighted by atomic mass is 16.5. The lowest BCUT2D eigenvalue weighted by Crippen LogP contribution is -1.89. The molecule has 4 rings (SSSR count). The first-order valence-electron chi connectivity index (χ1n) is 7.25. The molecule has 5 heteroatoms. The fraction of sp³-hybridized carbons (Fsp3) is 0.111. The molecule has 0 aliphatic rings. The minimum absolute atomic E-state index is 0.725. The number of aromatic amines is 1. The van der Waals surface area contributed by atoms with Crippen molar-refractivity contribution >= 4 is 21.9 Å². The van der Waals surface area contributed by atoms with Crippen molar-refractivity contribution in [3.63, 3.8) is 0 Å². The van der Waals surface area contributed by atoms with Gasteiger partial charge < -0.3 is 14.5 Å². The van der Waals surface area contributed by atoms with E-state index in [9.17, 15) is 0 Å². The molecular weight excluding hydrogens is 290 g/mol. The van der Waals surface area contributed by atoms with Gasteiger partial charge in [-0.2, -0.15) is 0 Å². The van der Waals surface area contributed by atoms with Gasteiger partial charge in [0.1, 0.15) is 17.3 Å². The Kier molecular flexibility index (Phi) is 3.12. The zero-order valence-electron chi connectivity index (χ0n) is 12.8. The van der Waals surface area contributed by atoms with E-state index < -0.39 is 0 Å². The van der Waals surface area contributed by atoms with Crippen LogP contribution in [0.25, 0.3) is 33.3 Å². The van der Waals surface area contributed by atoms with Crippen molar-refractivity contribution in [1.82, 2.24) is 15.0 Å². The summed E-state index contributed by atoms with van der Waals surface area (Å²) in [5.74, 6) is 2.21. The van der Waals surface area contributed by atoms with Crippen LogP contribution in [0.1, 0.15) is 0 Å². The SMILES string of the molecule is COc1cc(OC)cc(-c2nc3c(cnc4ccccc43)[nH]2)c1. The summed E-state index contributed by atoms with van der Waals surface area (Å²) in [4.78, 5) is 12.5. The number of para-hydroxylation sites is 1. The van der Waals surface area contributed by atoms with E-state index in [1.165, 1.54) is 0 Å². The molecule has 0 spiro atoms. The zero-order chi connectivity index (χ0) is 15.8. The van der Waals surface area contributed by atoms with Gasteiger partial charge in [-0.25, -0.2) is 4.98 Å². The van der Waals surface area contributed by atoms with E-state index in [4.69, 9.17) is 14.5 Å². The average molecular weight is 305 g/mol.